The van der Waals surface area contributed by atoms with E-state index >= 15 is 0 Å². The molecular formula is C19H23N3OS. The topological polar surface area (TPSA) is 57.8 Å². The molecular weight excluding hydrogens is 318 g/mol. The van der Waals surface area contributed by atoms with Crippen molar-refractivity contribution in [2.24, 2.45) is 0 Å². The summed E-state index contributed by atoms with van der Waals surface area (Å²) in [7, 11) is 0. The van der Waals surface area contributed by atoms with Crippen LogP contribution in [0.15, 0.2) is 35.8 Å². The molecule has 0 unspecified atom stereocenters. The number of carbonyl (C=O) groups is 1. The monoisotopic (exact) mass is 341 g/mol. The third-order valence-electron chi connectivity index (χ3n) is 4.06. The molecule has 4 nitrogen and oxygen atoms in total. The Bertz CT molecular complexity index is 819. The molecule has 2 heterocycles. The van der Waals surface area contributed by atoms with E-state index in [2.05, 4.69) is 46.6 Å². The fourth-order valence-electron chi connectivity index (χ4n) is 2.71. The number of H-pyrrole nitrogens is 1. The van der Waals surface area contributed by atoms with Gasteiger partial charge in [0.15, 0.2) is 0 Å². The van der Waals surface area contributed by atoms with Crippen LogP contribution in [-0.2, 0) is 17.6 Å². The highest BCUT2D eigenvalue weighted by molar-refractivity contribution is 7.09. The minimum atomic E-state index is 0.0968. The zero-order valence-electron chi connectivity index (χ0n) is 14.1. The number of benzene rings is 1. The summed E-state index contributed by atoms with van der Waals surface area (Å²) < 4.78 is 0. The molecule has 0 atom stereocenters. The number of nitrogens with zero attached hydrogens (tertiary/aromatic N) is 1. The Morgan fingerprint density at radius 2 is 2.12 bits per heavy atom. The predicted molar refractivity (Wildman–Crippen MR) is 99.5 cm³/mol. The Morgan fingerprint density at radius 1 is 1.29 bits per heavy atom. The van der Waals surface area contributed by atoms with Gasteiger partial charge in [-0.05, 0) is 18.1 Å². The van der Waals surface area contributed by atoms with Gasteiger partial charge in [-0.1, -0.05) is 32.0 Å². The number of aromatic amines is 1. The highest BCUT2D eigenvalue weighted by Gasteiger charge is 2.08. The van der Waals surface area contributed by atoms with Gasteiger partial charge < -0.3 is 10.3 Å². The number of hydrogen-bond acceptors (Lipinski definition) is 3. The molecule has 0 bridgehead atoms. The van der Waals surface area contributed by atoms with Gasteiger partial charge in [0.2, 0.25) is 5.91 Å². The second-order valence-corrected chi connectivity index (χ2v) is 7.18. The fraction of sp³-hybridized carbons (Fsp3) is 0.368. The van der Waals surface area contributed by atoms with Crippen LogP contribution in [0.4, 0.5) is 0 Å². The number of aryl methyl sites for hydroxylation is 1. The molecule has 1 aromatic carbocycles. The molecule has 2 N–H and O–H groups in total. The first-order valence-corrected chi connectivity index (χ1v) is 9.27. The maximum absolute atomic E-state index is 12.0. The van der Waals surface area contributed by atoms with Crippen molar-refractivity contribution in [1.29, 1.82) is 0 Å². The molecule has 5 heteroatoms. The third kappa shape index (κ3) is 4.03. The number of para-hydroxylation sites is 1. The van der Waals surface area contributed by atoms with Gasteiger partial charge in [0.05, 0.1) is 10.7 Å². The van der Waals surface area contributed by atoms with Crippen molar-refractivity contribution in [3.05, 3.63) is 52.1 Å². The van der Waals surface area contributed by atoms with E-state index in [0.29, 0.717) is 18.9 Å². The largest absolute Gasteiger partial charge is 0.361 e. The molecule has 0 aliphatic heterocycles. The van der Waals surface area contributed by atoms with Gasteiger partial charge in [-0.25, -0.2) is 4.98 Å². The maximum Gasteiger partial charge on any atom is 0.220 e. The van der Waals surface area contributed by atoms with Crippen LogP contribution in [-0.4, -0.2) is 22.4 Å². The molecule has 2 aromatic heterocycles. The molecule has 0 fully saturated rings. The van der Waals surface area contributed by atoms with Crippen LogP contribution < -0.4 is 5.32 Å². The SMILES string of the molecule is CC(C)c1nc(CCNC(=O)CCc2c[nH]c3ccccc23)cs1. The van der Waals surface area contributed by atoms with Gasteiger partial charge in [0.25, 0.3) is 0 Å². The Balaban J connectivity index is 1.44. The molecule has 3 rings (SSSR count). The van der Waals surface area contributed by atoms with Crippen LogP contribution in [0, 0.1) is 0 Å². The molecule has 24 heavy (non-hydrogen) atoms. The van der Waals surface area contributed by atoms with E-state index in [9.17, 15) is 4.79 Å². The zero-order chi connectivity index (χ0) is 16.9. The van der Waals surface area contributed by atoms with Crippen molar-refractivity contribution in [2.45, 2.75) is 39.0 Å². The number of aromatic nitrogens is 2. The molecule has 0 aliphatic rings. The number of rotatable bonds is 7. The second-order valence-electron chi connectivity index (χ2n) is 6.29. The minimum Gasteiger partial charge on any atom is -0.361 e. The Morgan fingerprint density at radius 3 is 2.92 bits per heavy atom. The molecule has 3 aromatic rings. The summed E-state index contributed by atoms with van der Waals surface area (Å²) >= 11 is 1.70. The summed E-state index contributed by atoms with van der Waals surface area (Å²) in [6.07, 6.45) is 4.06. The summed E-state index contributed by atoms with van der Waals surface area (Å²) in [5.41, 5.74) is 3.39. The lowest BCUT2D eigenvalue weighted by atomic mass is 10.1. The van der Waals surface area contributed by atoms with Crippen molar-refractivity contribution in [2.75, 3.05) is 6.54 Å². The lowest BCUT2D eigenvalue weighted by Crippen LogP contribution is -2.25. The van der Waals surface area contributed by atoms with Gasteiger partial charge in [-0.2, -0.15) is 0 Å². The van der Waals surface area contributed by atoms with Gasteiger partial charge in [-0.3, -0.25) is 4.79 Å². The Labute approximate surface area is 146 Å². The number of nitrogens with one attached hydrogen (secondary N) is 2. The number of hydrogen-bond donors (Lipinski definition) is 2. The van der Waals surface area contributed by atoms with Crippen LogP contribution in [0.1, 0.15) is 42.5 Å². The highest BCUT2D eigenvalue weighted by atomic mass is 32.1. The molecule has 1 amide bonds. The molecule has 0 aliphatic carbocycles. The number of fused-ring (bicyclic) bond motifs is 1. The summed E-state index contributed by atoms with van der Waals surface area (Å²) in [6.45, 7) is 4.94. The smallest absolute Gasteiger partial charge is 0.220 e. The van der Waals surface area contributed by atoms with Crippen LogP contribution in [0.5, 0.6) is 0 Å². The van der Waals surface area contributed by atoms with Crippen LogP contribution >= 0.6 is 11.3 Å². The quantitative estimate of drug-likeness (QED) is 0.681. The Kier molecular flexibility index (Phi) is 5.30. The lowest BCUT2D eigenvalue weighted by molar-refractivity contribution is -0.121. The summed E-state index contributed by atoms with van der Waals surface area (Å²) in [5, 5.41) is 7.45. The van der Waals surface area contributed by atoms with Crippen molar-refractivity contribution < 1.29 is 4.79 Å². The van der Waals surface area contributed by atoms with Crippen molar-refractivity contribution in [3.63, 3.8) is 0 Å². The zero-order valence-corrected chi connectivity index (χ0v) is 15.0. The molecule has 0 saturated heterocycles. The van der Waals surface area contributed by atoms with E-state index in [1.165, 1.54) is 10.9 Å². The first kappa shape index (κ1) is 16.7. The normalized spacial score (nSPS) is 11.3. The van der Waals surface area contributed by atoms with Gasteiger partial charge >= 0.3 is 0 Å². The number of amides is 1. The molecule has 126 valence electrons. The molecule has 0 spiro atoms. The van der Waals surface area contributed by atoms with E-state index in [-0.39, 0.29) is 5.91 Å². The van der Waals surface area contributed by atoms with E-state index < -0.39 is 0 Å². The van der Waals surface area contributed by atoms with Gasteiger partial charge in [-0.15, -0.1) is 11.3 Å². The highest BCUT2D eigenvalue weighted by Crippen LogP contribution is 2.20. The van der Waals surface area contributed by atoms with Crippen LogP contribution in [0.3, 0.4) is 0 Å². The first-order chi connectivity index (χ1) is 11.6. The lowest BCUT2D eigenvalue weighted by Gasteiger charge is -2.04. The van der Waals surface area contributed by atoms with E-state index in [0.717, 1.165) is 29.1 Å². The van der Waals surface area contributed by atoms with Crippen molar-refractivity contribution >= 4 is 28.1 Å². The first-order valence-electron chi connectivity index (χ1n) is 8.39. The van der Waals surface area contributed by atoms with Crippen molar-refractivity contribution in [3.8, 4) is 0 Å². The molecule has 0 radical (unpaired) electrons. The van der Waals surface area contributed by atoms with E-state index in [1.54, 1.807) is 11.3 Å². The predicted octanol–water partition coefficient (Wildman–Crippen LogP) is 4.04. The third-order valence-corrected chi connectivity index (χ3v) is 5.26. The standard InChI is InChI=1S/C19H23N3OS/c1-13(2)19-22-15(12-24-19)9-10-20-18(23)8-7-14-11-21-17-6-4-3-5-16(14)17/h3-6,11-13,21H,7-10H2,1-2H3,(H,20,23). The minimum absolute atomic E-state index is 0.0968. The number of thiazole rings is 1. The summed E-state index contributed by atoms with van der Waals surface area (Å²) in [4.78, 5) is 19.9. The fourth-order valence-corrected chi connectivity index (χ4v) is 3.58. The van der Waals surface area contributed by atoms with E-state index in [4.69, 9.17) is 0 Å². The van der Waals surface area contributed by atoms with Crippen LogP contribution in [0.2, 0.25) is 0 Å². The van der Waals surface area contributed by atoms with E-state index in [1.807, 2.05) is 18.3 Å². The molecule has 0 saturated carbocycles. The Hall–Kier alpha value is -2.14. The average Bonchev–Trinajstić information content (AvgIpc) is 3.20. The average molecular weight is 341 g/mol. The second kappa shape index (κ2) is 7.62. The van der Waals surface area contributed by atoms with Crippen molar-refractivity contribution in [1.82, 2.24) is 15.3 Å². The van der Waals surface area contributed by atoms with Gasteiger partial charge in [0, 0.05) is 47.8 Å². The summed E-state index contributed by atoms with van der Waals surface area (Å²) in [5.74, 6) is 0.564. The summed E-state index contributed by atoms with van der Waals surface area (Å²) in [6, 6.07) is 8.18. The van der Waals surface area contributed by atoms with Crippen LogP contribution in [0.25, 0.3) is 10.9 Å². The maximum atomic E-state index is 12.0. The number of carbonyl (C=O) groups excluding carboxylic acids is 1. The van der Waals surface area contributed by atoms with Gasteiger partial charge in [0.1, 0.15) is 0 Å².